The van der Waals surface area contributed by atoms with Gasteiger partial charge in [0.1, 0.15) is 5.84 Å². The number of rotatable bonds is 2. The molecule has 88 valence electrons. The van der Waals surface area contributed by atoms with E-state index in [-0.39, 0.29) is 5.41 Å². The first-order chi connectivity index (χ1) is 7.30. The Balaban J connectivity index is 2.92. The normalized spacial score (nSPS) is 13.2. The Labute approximate surface area is 98.6 Å². The zero-order valence-corrected chi connectivity index (χ0v) is 10.9. The molecule has 0 amide bonds. The molecule has 16 heavy (non-hydrogen) atoms. The highest BCUT2D eigenvalue weighted by atomic mass is 14.9. The molecule has 0 fully saturated rings. The lowest BCUT2D eigenvalue weighted by molar-refractivity contribution is 0.585. The molecule has 0 saturated heterocycles. The Kier molecular flexibility index (Phi) is 3.74. The summed E-state index contributed by atoms with van der Waals surface area (Å²) in [5.41, 5.74) is 8.11. The smallest absolute Gasteiger partial charge is 0.105 e. The highest BCUT2D eigenvalue weighted by Crippen LogP contribution is 2.21. The van der Waals surface area contributed by atoms with Gasteiger partial charge in [-0.3, -0.25) is 0 Å². The van der Waals surface area contributed by atoms with E-state index in [9.17, 15) is 0 Å². The molecule has 0 aliphatic rings. The molecule has 1 aromatic rings. The van der Waals surface area contributed by atoms with Gasteiger partial charge in [-0.15, -0.1) is 0 Å². The summed E-state index contributed by atoms with van der Waals surface area (Å²) in [6.45, 7) is 10.6. The van der Waals surface area contributed by atoms with Gasteiger partial charge in [0.05, 0.1) is 5.69 Å². The van der Waals surface area contributed by atoms with E-state index >= 15 is 0 Å². The number of amidine groups is 1. The molecule has 1 rings (SSSR count). The molecule has 0 aliphatic heterocycles. The molecule has 0 spiro atoms. The maximum absolute atomic E-state index is 5.93. The molecule has 0 bridgehead atoms. The van der Waals surface area contributed by atoms with Crippen LogP contribution < -0.4 is 5.73 Å². The average Bonchev–Trinajstić information content (AvgIpc) is 2.17. The number of nitrogens with two attached hydrogens (primary N) is 1. The molecule has 0 saturated carbocycles. The first kappa shape index (κ1) is 12.8. The van der Waals surface area contributed by atoms with Crippen LogP contribution in [-0.4, -0.2) is 5.84 Å². The summed E-state index contributed by atoms with van der Waals surface area (Å²) in [7, 11) is 0. The van der Waals surface area contributed by atoms with E-state index in [0.29, 0.717) is 11.8 Å². The second-order valence-corrected chi connectivity index (χ2v) is 5.49. The molecule has 0 aliphatic carbocycles. The lowest BCUT2D eigenvalue weighted by Gasteiger charge is -2.17. The standard InChI is InChI=1S/C14H22N2/c1-10(2)11-6-8-12(9-7-11)16-13(15)14(3,4)5/h6-10H,1-5H3,(H2,15,16). The second kappa shape index (κ2) is 4.69. The van der Waals surface area contributed by atoms with Crippen LogP contribution in [0.3, 0.4) is 0 Å². The topological polar surface area (TPSA) is 38.4 Å². The summed E-state index contributed by atoms with van der Waals surface area (Å²) in [4.78, 5) is 4.43. The van der Waals surface area contributed by atoms with Crippen LogP contribution in [0.15, 0.2) is 29.3 Å². The Hall–Kier alpha value is -1.31. The maximum Gasteiger partial charge on any atom is 0.105 e. The Morgan fingerprint density at radius 1 is 1.12 bits per heavy atom. The molecule has 2 nitrogen and oxygen atoms in total. The summed E-state index contributed by atoms with van der Waals surface area (Å²) >= 11 is 0. The molecular formula is C14H22N2. The van der Waals surface area contributed by atoms with Crippen LogP contribution in [-0.2, 0) is 0 Å². The summed E-state index contributed by atoms with van der Waals surface area (Å²) in [6.07, 6.45) is 0. The number of aliphatic imine (C=N–C) groups is 1. The van der Waals surface area contributed by atoms with E-state index in [1.54, 1.807) is 0 Å². The summed E-state index contributed by atoms with van der Waals surface area (Å²) in [5.74, 6) is 1.22. The highest BCUT2D eigenvalue weighted by Gasteiger charge is 2.15. The van der Waals surface area contributed by atoms with Crippen LogP contribution in [0.25, 0.3) is 0 Å². The minimum absolute atomic E-state index is 0.0727. The molecule has 2 N–H and O–H groups in total. The largest absolute Gasteiger partial charge is 0.387 e. The number of benzene rings is 1. The van der Waals surface area contributed by atoms with E-state index in [0.717, 1.165) is 5.69 Å². The maximum atomic E-state index is 5.93. The molecule has 1 aromatic carbocycles. The first-order valence-electron chi connectivity index (χ1n) is 5.75. The van der Waals surface area contributed by atoms with Crippen molar-refractivity contribution in [1.29, 1.82) is 0 Å². The Morgan fingerprint density at radius 3 is 2.00 bits per heavy atom. The van der Waals surface area contributed by atoms with Crippen LogP contribution in [0.4, 0.5) is 5.69 Å². The van der Waals surface area contributed by atoms with Gasteiger partial charge in [0, 0.05) is 5.41 Å². The van der Waals surface area contributed by atoms with E-state index in [1.807, 2.05) is 12.1 Å². The Bertz CT molecular complexity index is 367. The number of hydrogen-bond donors (Lipinski definition) is 1. The molecule has 0 aromatic heterocycles. The van der Waals surface area contributed by atoms with E-state index in [1.165, 1.54) is 5.56 Å². The minimum atomic E-state index is -0.0727. The quantitative estimate of drug-likeness (QED) is 0.594. The fraction of sp³-hybridized carbons (Fsp3) is 0.500. The third kappa shape index (κ3) is 3.37. The number of nitrogens with zero attached hydrogens (tertiary/aromatic N) is 1. The summed E-state index contributed by atoms with van der Waals surface area (Å²) in [5, 5.41) is 0. The van der Waals surface area contributed by atoms with Gasteiger partial charge in [-0.1, -0.05) is 46.8 Å². The van der Waals surface area contributed by atoms with Crippen molar-refractivity contribution >= 4 is 11.5 Å². The van der Waals surface area contributed by atoms with Crippen molar-refractivity contribution in [2.45, 2.75) is 40.5 Å². The molecule has 0 unspecified atom stereocenters. The zero-order chi connectivity index (χ0) is 12.3. The molecule has 0 heterocycles. The highest BCUT2D eigenvalue weighted by molar-refractivity contribution is 5.87. The van der Waals surface area contributed by atoms with Gasteiger partial charge in [-0.05, 0) is 23.6 Å². The minimum Gasteiger partial charge on any atom is -0.387 e. The predicted molar refractivity (Wildman–Crippen MR) is 71.3 cm³/mol. The van der Waals surface area contributed by atoms with Crippen molar-refractivity contribution in [3.05, 3.63) is 29.8 Å². The molecule has 0 radical (unpaired) electrons. The first-order valence-corrected chi connectivity index (χ1v) is 5.75. The fourth-order valence-corrected chi connectivity index (χ4v) is 1.24. The van der Waals surface area contributed by atoms with Gasteiger partial charge in [0.25, 0.3) is 0 Å². The van der Waals surface area contributed by atoms with Gasteiger partial charge < -0.3 is 5.73 Å². The van der Waals surface area contributed by atoms with Crippen LogP contribution >= 0.6 is 0 Å². The fourth-order valence-electron chi connectivity index (χ4n) is 1.24. The van der Waals surface area contributed by atoms with Gasteiger partial charge in [-0.2, -0.15) is 0 Å². The predicted octanol–water partition coefficient (Wildman–Crippen LogP) is 3.84. The second-order valence-electron chi connectivity index (χ2n) is 5.49. The van der Waals surface area contributed by atoms with Crippen molar-refractivity contribution in [2.75, 3.05) is 0 Å². The third-order valence-electron chi connectivity index (χ3n) is 2.58. The molecular weight excluding hydrogens is 196 g/mol. The van der Waals surface area contributed by atoms with E-state index in [2.05, 4.69) is 51.7 Å². The molecule has 0 atom stereocenters. The van der Waals surface area contributed by atoms with Gasteiger partial charge in [0.2, 0.25) is 0 Å². The zero-order valence-electron chi connectivity index (χ0n) is 10.9. The van der Waals surface area contributed by atoms with Crippen molar-refractivity contribution in [3.63, 3.8) is 0 Å². The van der Waals surface area contributed by atoms with Crippen molar-refractivity contribution < 1.29 is 0 Å². The SMILES string of the molecule is CC(C)c1ccc(N=C(N)C(C)(C)C)cc1. The van der Waals surface area contributed by atoms with E-state index < -0.39 is 0 Å². The van der Waals surface area contributed by atoms with Crippen LogP contribution in [0.2, 0.25) is 0 Å². The van der Waals surface area contributed by atoms with Gasteiger partial charge >= 0.3 is 0 Å². The average molecular weight is 218 g/mol. The summed E-state index contributed by atoms with van der Waals surface area (Å²) < 4.78 is 0. The number of hydrogen-bond acceptors (Lipinski definition) is 1. The summed E-state index contributed by atoms with van der Waals surface area (Å²) in [6, 6.07) is 8.26. The van der Waals surface area contributed by atoms with E-state index in [4.69, 9.17) is 5.73 Å². The van der Waals surface area contributed by atoms with Gasteiger partial charge in [0.15, 0.2) is 0 Å². The van der Waals surface area contributed by atoms with Crippen LogP contribution in [0.1, 0.15) is 46.1 Å². The van der Waals surface area contributed by atoms with Crippen LogP contribution in [0, 0.1) is 5.41 Å². The lowest BCUT2D eigenvalue weighted by atomic mass is 9.95. The Morgan fingerprint density at radius 2 is 1.62 bits per heavy atom. The van der Waals surface area contributed by atoms with Crippen molar-refractivity contribution in [1.82, 2.24) is 0 Å². The van der Waals surface area contributed by atoms with Crippen molar-refractivity contribution in [2.24, 2.45) is 16.1 Å². The monoisotopic (exact) mass is 218 g/mol. The van der Waals surface area contributed by atoms with Gasteiger partial charge in [-0.25, -0.2) is 4.99 Å². The lowest BCUT2D eigenvalue weighted by Crippen LogP contribution is -2.28. The van der Waals surface area contributed by atoms with Crippen molar-refractivity contribution in [3.8, 4) is 0 Å². The third-order valence-corrected chi connectivity index (χ3v) is 2.58. The molecule has 2 heteroatoms. The van der Waals surface area contributed by atoms with Crippen LogP contribution in [0.5, 0.6) is 0 Å².